The van der Waals surface area contributed by atoms with E-state index in [0.29, 0.717) is 0 Å². The van der Waals surface area contributed by atoms with Crippen molar-refractivity contribution in [1.29, 1.82) is 0 Å². The van der Waals surface area contributed by atoms with E-state index in [1.54, 1.807) is 22.6 Å². The topological polar surface area (TPSA) is 48.4 Å². The van der Waals surface area contributed by atoms with Crippen molar-refractivity contribution in [2.75, 3.05) is 7.11 Å². The van der Waals surface area contributed by atoms with Crippen molar-refractivity contribution in [3.63, 3.8) is 0 Å². The Morgan fingerprint density at radius 1 is 1.53 bits per heavy atom. The van der Waals surface area contributed by atoms with Gasteiger partial charge < -0.3 is 9.47 Å². The minimum Gasteiger partial charge on any atom is -0.495 e. The van der Waals surface area contributed by atoms with Crippen molar-refractivity contribution < 1.29 is 27.4 Å². The van der Waals surface area contributed by atoms with E-state index >= 15 is 0 Å². The molecule has 0 N–H and O–H groups in total. The van der Waals surface area contributed by atoms with E-state index in [4.69, 9.17) is 16.3 Å². The van der Waals surface area contributed by atoms with Crippen LogP contribution in [0.1, 0.15) is 10.5 Å². The number of carbonyl (C=O) groups excluding carboxylic acids is 1. The Morgan fingerprint density at radius 2 is 2.12 bits per heavy atom. The van der Waals surface area contributed by atoms with Gasteiger partial charge in [-0.05, 0) is 34.2 Å². The van der Waals surface area contributed by atoms with E-state index in [-0.39, 0.29) is 15.0 Å². The van der Waals surface area contributed by atoms with Crippen LogP contribution >= 0.6 is 34.2 Å². The molecule has 1 aromatic rings. The molecule has 0 amide bonds. The van der Waals surface area contributed by atoms with Gasteiger partial charge in [-0.1, -0.05) is 0 Å². The van der Waals surface area contributed by atoms with E-state index in [2.05, 4.69) is 9.72 Å². The summed E-state index contributed by atoms with van der Waals surface area (Å²) in [6.07, 6.45) is -4.91. The summed E-state index contributed by atoms with van der Waals surface area (Å²) in [6.45, 7) is 0. The number of alkyl halides is 3. The van der Waals surface area contributed by atoms with Gasteiger partial charge in [0.1, 0.15) is 15.0 Å². The maximum atomic E-state index is 12.1. The Kier molecular flexibility index (Phi) is 4.42. The zero-order chi connectivity index (χ0) is 13.2. The molecule has 0 spiro atoms. The van der Waals surface area contributed by atoms with Crippen molar-refractivity contribution in [2.24, 2.45) is 0 Å². The lowest BCUT2D eigenvalue weighted by Crippen LogP contribution is -2.19. The Bertz CT molecular complexity index is 452. The molecule has 0 atom stereocenters. The van der Waals surface area contributed by atoms with E-state index in [1.807, 2.05) is 0 Å². The molecular weight excluding hydrogens is 377 g/mol. The van der Waals surface area contributed by atoms with Crippen LogP contribution in [0.4, 0.5) is 13.2 Å². The summed E-state index contributed by atoms with van der Waals surface area (Å²) in [5.74, 6) is -0.759. The smallest absolute Gasteiger partial charge is 0.495 e. The van der Waals surface area contributed by atoms with Gasteiger partial charge in [0.2, 0.25) is 5.88 Å². The molecule has 0 saturated heterocycles. The van der Waals surface area contributed by atoms with Crippen LogP contribution < -0.4 is 9.47 Å². The lowest BCUT2D eigenvalue weighted by molar-refractivity contribution is -0.276. The molecule has 0 bridgehead atoms. The maximum Gasteiger partial charge on any atom is 0.574 e. The molecule has 0 aliphatic carbocycles. The van der Waals surface area contributed by atoms with E-state index in [9.17, 15) is 18.0 Å². The number of hydrogen-bond donors (Lipinski definition) is 0. The minimum absolute atomic E-state index is 0.0101. The van der Waals surface area contributed by atoms with Crippen LogP contribution in [-0.2, 0) is 0 Å². The highest BCUT2D eigenvalue weighted by Crippen LogP contribution is 2.33. The van der Waals surface area contributed by atoms with Crippen molar-refractivity contribution >= 4 is 39.4 Å². The molecule has 0 fully saturated rings. The molecule has 9 heteroatoms. The highest BCUT2D eigenvalue weighted by atomic mass is 127. The quantitative estimate of drug-likeness (QED) is 0.597. The van der Waals surface area contributed by atoms with Crippen LogP contribution in [0.3, 0.4) is 0 Å². The number of nitrogens with zero attached hydrogens (tertiary/aromatic N) is 1. The molecule has 94 valence electrons. The van der Waals surface area contributed by atoms with Crippen molar-refractivity contribution in [3.05, 3.63) is 15.3 Å². The number of hydrogen-bond acceptors (Lipinski definition) is 4. The average Bonchev–Trinajstić information content (AvgIpc) is 2.18. The summed E-state index contributed by atoms with van der Waals surface area (Å²) in [4.78, 5) is 14.2. The number of carbonyl (C=O) groups is 1. The third-order valence-electron chi connectivity index (χ3n) is 1.53. The highest BCUT2D eigenvalue weighted by molar-refractivity contribution is 14.1. The molecular formula is C8H4ClF3INO3. The lowest BCUT2D eigenvalue weighted by Gasteiger charge is -2.12. The third-order valence-corrected chi connectivity index (χ3v) is 2.71. The zero-order valence-corrected chi connectivity index (χ0v) is 11.1. The average molecular weight is 381 g/mol. The molecule has 0 radical (unpaired) electrons. The monoisotopic (exact) mass is 381 g/mol. The Morgan fingerprint density at radius 3 is 2.53 bits per heavy atom. The van der Waals surface area contributed by atoms with Gasteiger partial charge in [-0.3, -0.25) is 4.79 Å². The molecule has 1 aromatic heterocycles. The molecule has 0 unspecified atom stereocenters. The normalized spacial score (nSPS) is 11.2. The van der Waals surface area contributed by atoms with Gasteiger partial charge in [0.05, 0.1) is 7.11 Å². The molecule has 0 aliphatic rings. The van der Waals surface area contributed by atoms with Gasteiger partial charge in [0, 0.05) is 6.07 Å². The standard InChI is InChI=1S/C8H4ClF3INO3/c1-16-4-2-3(6(9)15)14-7(5(4)13)17-8(10,11)12/h2H,1H3. The molecule has 4 nitrogen and oxygen atoms in total. The molecule has 17 heavy (non-hydrogen) atoms. The van der Waals surface area contributed by atoms with E-state index < -0.39 is 17.5 Å². The van der Waals surface area contributed by atoms with E-state index in [0.717, 1.165) is 6.07 Å². The number of rotatable bonds is 3. The molecule has 1 rings (SSSR count). The first-order valence-corrected chi connectivity index (χ1v) is 5.40. The largest absolute Gasteiger partial charge is 0.574 e. The molecule has 0 saturated carbocycles. The van der Waals surface area contributed by atoms with Crippen molar-refractivity contribution in [1.82, 2.24) is 4.98 Å². The van der Waals surface area contributed by atoms with Gasteiger partial charge in [-0.15, -0.1) is 13.2 Å². The van der Waals surface area contributed by atoms with Gasteiger partial charge in [-0.25, -0.2) is 4.98 Å². The first-order chi connectivity index (χ1) is 7.74. The van der Waals surface area contributed by atoms with Crippen molar-refractivity contribution in [2.45, 2.75) is 6.36 Å². The van der Waals surface area contributed by atoms with Gasteiger partial charge in [0.15, 0.2) is 0 Å². The summed E-state index contributed by atoms with van der Waals surface area (Å²) in [5, 5.41) is -1.01. The molecule has 0 aliphatic heterocycles. The number of methoxy groups -OCH3 is 1. The number of halogens is 5. The molecule has 0 aromatic carbocycles. The van der Waals surface area contributed by atoms with E-state index in [1.165, 1.54) is 7.11 Å². The second-order valence-corrected chi connectivity index (χ2v) is 4.07. The fourth-order valence-electron chi connectivity index (χ4n) is 0.910. The minimum atomic E-state index is -4.91. The van der Waals surface area contributed by atoms with Gasteiger partial charge in [0.25, 0.3) is 5.24 Å². The highest BCUT2D eigenvalue weighted by Gasteiger charge is 2.34. The Labute approximate surface area is 112 Å². The third kappa shape index (κ3) is 3.87. The number of pyridine rings is 1. The Hall–Kier alpha value is -0.770. The molecule has 1 heterocycles. The zero-order valence-electron chi connectivity index (χ0n) is 8.14. The second kappa shape index (κ2) is 5.25. The SMILES string of the molecule is COc1cc(C(=O)Cl)nc(OC(F)(F)F)c1I. The number of ether oxygens (including phenoxy) is 2. The van der Waals surface area contributed by atoms with Crippen molar-refractivity contribution in [3.8, 4) is 11.6 Å². The summed E-state index contributed by atoms with van der Waals surface area (Å²) in [6, 6.07) is 1.13. The van der Waals surface area contributed by atoms with Crippen LogP contribution in [0.15, 0.2) is 6.07 Å². The maximum absolute atomic E-state index is 12.1. The van der Waals surface area contributed by atoms with Crippen LogP contribution in [0.25, 0.3) is 0 Å². The summed E-state index contributed by atoms with van der Waals surface area (Å²) < 4.78 is 44.6. The second-order valence-electron chi connectivity index (χ2n) is 2.65. The first-order valence-electron chi connectivity index (χ1n) is 3.94. The number of aromatic nitrogens is 1. The van der Waals surface area contributed by atoms with Crippen LogP contribution in [0, 0.1) is 3.57 Å². The summed E-state index contributed by atoms with van der Waals surface area (Å²) >= 11 is 6.69. The van der Waals surface area contributed by atoms with Crippen LogP contribution in [-0.4, -0.2) is 23.7 Å². The Balaban J connectivity index is 3.28. The van der Waals surface area contributed by atoms with Crippen LogP contribution in [0.5, 0.6) is 11.6 Å². The fourth-order valence-corrected chi connectivity index (χ4v) is 1.61. The predicted octanol–water partition coefficient (Wildman–Crippen LogP) is 2.97. The summed E-state index contributed by atoms with van der Waals surface area (Å²) in [7, 11) is 1.23. The first kappa shape index (κ1) is 14.3. The van der Waals surface area contributed by atoms with Gasteiger partial charge in [-0.2, -0.15) is 0 Å². The van der Waals surface area contributed by atoms with Gasteiger partial charge >= 0.3 is 6.36 Å². The fraction of sp³-hybridized carbons (Fsp3) is 0.250. The van der Waals surface area contributed by atoms with Crippen LogP contribution in [0.2, 0.25) is 0 Å². The predicted molar refractivity (Wildman–Crippen MR) is 60.4 cm³/mol. The summed E-state index contributed by atoms with van der Waals surface area (Å²) in [5.41, 5.74) is -0.386. The lowest BCUT2D eigenvalue weighted by atomic mass is 10.3.